The second kappa shape index (κ2) is 2.41. The molecule has 0 aliphatic carbocycles. The first-order valence-corrected chi connectivity index (χ1v) is 3.40. The maximum absolute atomic E-state index is 10.3. The predicted molar refractivity (Wildman–Crippen MR) is 36.5 cm³/mol. The molecule has 1 aliphatic heterocycles. The number of hydrogen-bond acceptors (Lipinski definition) is 4. The third-order valence-electron chi connectivity index (χ3n) is 1.51. The average molecular weight is 165 g/mol. The van der Waals surface area contributed by atoms with Gasteiger partial charge in [-0.05, 0) is 12.1 Å². The maximum atomic E-state index is 10.3. The Morgan fingerprint density at radius 3 is 2.17 bits per heavy atom. The van der Waals surface area contributed by atoms with E-state index < -0.39 is 12.3 Å². The normalized spacial score (nSPS) is 14.7. The molecule has 0 fully saturated rings. The molecule has 1 heterocycles. The van der Waals surface area contributed by atoms with E-state index >= 15 is 0 Å². The monoisotopic (exact) mass is 165 g/mol. The minimum atomic E-state index is -1.37. The number of para-hydroxylation sites is 2. The third kappa shape index (κ3) is 0.972. The summed E-state index contributed by atoms with van der Waals surface area (Å²) in [5.74, 6) is -0.496. The van der Waals surface area contributed by atoms with Crippen LogP contribution in [0, 0.1) is 0 Å². The van der Waals surface area contributed by atoms with Crippen LogP contribution in [0.25, 0.3) is 0 Å². The van der Waals surface area contributed by atoms with E-state index in [4.69, 9.17) is 9.47 Å². The molecule has 0 saturated heterocycles. The van der Waals surface area contributed by atoms with Gasteiger partial charge in [-0.2, -0.15) is 0 Å². The van der Waals surface area contributed by atoms with Crippen molar-refractivity contribution in [2.75, 3.05) is 0 Å². The fourth-order valence-electron chi connectivity index (χ4n) is 0.996. The maximum Gasteiger partial charge on any atom is 0.282 e. The zero-order valence-corrected chi connectivity index (χ0v) is 6.02. The fraction of sp³-hybridized carbons (Fsp3) is 0.125. The summed E-state index contributed by atoms with van der Waals surface area (Å²) >= 11 is 0. The summed E-state index contributed by atoms with van der Waals surface area (Å²) < 4.78 is 9.77. The van der Waals surface area contributed by atoms with Gasteiger partial charge in [-0.25, -0.2) is 0 Å². The molecule has 0 amide bonds. The molecule has 4 heteroatoms. The molecule has 0 unspecified atom stereocenters. The number of carbonyl (C=O) groups excluding carboxylic acids is 1. The molecule has 0 atom stereocenters. The van der Waals surface area contributed by atoms with Gasteiger partial charge in [0.05, 0.1) is 0 Å². The number of ether oxygens (including phenoxy) is 2. The smallest absolute Gasteiger partial charge is 0.282 e. The van der Waals surface area contributed by atoms with E-state index in [-0.39, 0.29) is 0 Å². The van der Waals surface area contributed by atoms with Crippen molar-refractivity contribution in [3.05, 3.63) is 24.3 Å². The minimum Gasteiger partial charge on any atom is -0.543 e. The topological polar surface area (TPSA) is 58.6 Å². The Balaban J connectivity index is 2.27. The van der Waals surface area contributed by atoms with E-state index in [9.17, 15) is 9.90 Å². The molecular formula is C8H5O4-. The molecule has 1 aromatic rings. The van der Waals surface area contributed by atoms with Gasteiger partial charge in [-0.1, -0.05) is 12.1 Å². The lowest BCUT2D eigenvalue weighted by molar-refractivity contribution is -0.321. The first-order chi connectivity index (χ1) is 5.77. The highest BCUT2D eigenvalue weighted by Crippen LogP contribution is 2.33. The van der Waals surface area contributed by atoms with Crippen LogP contribution in [0.15, 0.2) is 24.3 Å². The van der Waals surface area contributed by atoms with Gasteiger partial charge >= 0.3 is 0 Å². The first kappa shape index (κ1) is 6.97. The number of carbonyl (C=O) groups is 1. The lowest BCUT2D eigenvalue weighted by Gasteiger charge is -2.09. The predicted octanol–water partition coefficient (Wildman–Crippen LogP) is -0.466. The summed E-state index contributed by atoms with van der Waals surface area (Å²) in [7, 11) is 0. The quantitative estimate of drug-likeness (QED) is 0.564. The Hall–Kier alpha value is -1.71. The van der Waals surface area contributed by atoms with Crippen LogP contribution in [0.1, 0.15) is 0 Å². The van der Waals surface area contributed by atoms with E-state index in [1.165, 1.54) is 0 Å². The van der Waals surface area contributed by atoms with Crippen LogP contribution >= 0.6 is 0 Å². The molecule has 12 heavy (non-hydrogen) atoms. The summed E-state index contributed by atoms with van der Waals surface area (Å²) in [6.45, 7) is 0. The summed E-state index contributed by atoms with van der Waals surface area (Å²) in [6, 6.07) is 6.75. The molecule has 1 aliphatic rings. The van der Waals surface area contributed by atoms with Crippen molar-refractivity contribution in [2.24, 2.45) is 0 Å². The van der Waals surface area contributed by atoms with Crippen LogP contribution in [-0.4, -0.2) is 12.3 Å². The third-order valence-corrected chi connectivity index (χ3v) is 1.51. The summed E-state index contributed by atoms with van der Waals surface area (Å²) in [5, 5.41) is 10.3. The SMILES string of the molecule is O=C([O-])C1Oc2ccccc2O1. The standard InChI is InChI=1S/C8H6O4/c9-7(10)8-11-5-3-1-2-4-6(5)12-8/h1-4,8H,(H,9,10)/p-1. The number of rotatable bonds is 1. The van der Waals surface area contributed by atoms with E-state index in [1.807, 2.05) is 0 Å². The number of hydrogen-bond donors (Lipinski definition) is 0. The molecule has 0 N–H and O–H groups in total. The Labute approximate surface area is 68.3 Å². The lowest BCUT2D eigenvalue weighted by Crippen LogP contribution is -2.40. The highest BCUT2D eigenvalue weighted by Gasteiger charge is 2.23. The van der Waals surface area contributed by atoms with Crippen LogP contribution in [0.5, 0.6) is 11.5 Å². The molecule has 0 bridgehead atoms. The van der Waals surface area contributed by atoms with E-state index in [2.05, 4.69) is 0 Å². The Kier molecular flexibility index (Phi) is 1.40. The number of fused-ring (bicyclic) bond motifs is 1. The molecule has 4 nitrogen and oxygen atoms in total. The van der Waals surface area contributed by atoms with Crippen molar-refractivity contribution in [2.45, 2.75) is 6.29 Å². The van der Waals surface area contributed by atoms with Crippen molar-refractivity contribution < 1.29 is 19.4 Å². The van der Waals surface area contributed by atoms with Crippen LogP contribution in [0.2, 0.25) is 0 Å². The van der Waals surface area contributed by atoms with Crippen molar-refractivity contribution in [1.82, 2.24) is 0 Å². The Bertz CT molecular complexity index is 296. The van der Waals surface area contributed by atoms with Gasteiger partial charge in [0.15, 0.2) is 11.5 Å². The van der Waals surface area contributed by atoms with Crippen LogP contribution in [0.3, 0.4) is 0 Å². The zero-order valence-electron chi connectivity index (χ0n) is 6.02. The second-order valence-electron chi connectivity index (χ2n) is 2.33. The second-order valence-corrected chi connectivity index (χ2v) is 2.33. The largest absolute Gasteiger partial charge is 0.543 e. The highest BCUT2D eigenvalue weighted by molar-refractivity contribution is 5.70. The van der Waals surface area contributed by atoms with E-state index in [0.717, 1.165) is 0 Å². The van der Waals surface area contributed by atoms with Crippen LogP contribution in [0.4, 0.5) is 0 Å². The van der Waals surface area contributed by atoms with Gasteiger partial charge in [0.2, 0.25) is 0 Å². The molecule has 1 aromatic carbocycles. The first-order valence-electron chi connectivity index (χ1n) is 3.40. The van der Waals surface area contributed by atoms with Crippen molar-refractivity contribution in [3.8, 4) is 11.5 Å². The number of carboxylic acid groups (broad SMARTS) is 1. The average Bonchev–Trinajstić information content (AvgIpc) is 2.46. The molecule has 0 spiro atoms. The minimum absolute atomic E-state index is 0.437. The molecular weight excluding hydrogens is 160 g/mol. The molecule has 0 radical (unpaired) electrons. The molecule has 2 rings (SSSR count). The molecule has 0 saturated carbocycles. The van der Waals surface area contributed by atoms with Gasteiger partial charge in [0.25, 0.3) is 6.29 Å². The van der Waals surface area contributed by atoms with E-state index in [0.29, 0.717) is 11.5 Å². The highest BCUT2D eigenvalue weighted by atomic mass is 16.7. The van der Waals surface area contributed by atoms with Gasteiger partial charge < -0.3 is 19.4 Å². The number of carboxylic acids is 1. The van der Waals surface area contributed by atoms with Crippen molar-refractivity contribution >= 4 is 5.97 Å². The Morgan fingerprint density at radius 2 is 1.75 bits per heavy atom. The van der Waals surface area contributed by atoms with E-state index in [1.54, 1.807) is 24.3 Å². The fourth-order valence-corrected chi connectivity index (χ4v) is 0.996. The molecule has 0 aromatic heterocycles. The lowest BCUT2D eigenvalue weighted by atomic mass is 10.3. The van der Waals surface area contributed by atoms with Gasteiger partial charge in [0, 0.05) is 0 Å². The summed E-state index contributed by atoms with van der Waals surface area (Å²) in [5.41, 5.74) is 0. The number of benzene rings is 1. The number of aliphatic carboxylic acids is 1. The van der Waals surface area contributed by atoms with Gasteiger partial charge in [0.1, 0.15) is 5.97 Å². The molecule has 62 valence electrons. The summed E-state index contributed by atoms with van der Waals surface area (Å²) in [6.07, 6.45) is -1.30. The van der Waals surface area contributed by atoms with Gasteiger partial charge in [-0.15, -0.1) is 0 Å². The van der Waals surface area contributed by atoms with Crippen molar-refractivity contribution in [3.63, 3.8) is 0 Å². The van der Waals surface area contributed by atoms with Crippen molar-refractivity contribution in [1.29, 1.82) is 0 Å². The van der Waals surface area contributed by atoms with Crippen LogP contribution < -0.4 is 14.6 Å². The zero-order chi connectivity index (χ0) is 8.55. The van der Waals surface area contributed by atoms with Crippen LogP contribution in [-0.2, 0) is 4.79 Å². The summed E-state index contributed by atoms with van der Waals surface area (Å²) in [4.78, 5) is 10.3. The van der Waals surface area contributed by atoms with Gasteiger partial charge in [-0.3, -0.25) is 0 Å². The Morgan fingerprint density at radius 1 is 1.25 bits per heavy atom.